The van der Waals surface area contributed by atoms with Gasteiger partial charge in [0.25, 0.3) is 0 Å². The minimum atomic E-state index is -4.60. The third kappa shape index (κ3) is 5.61. The number of aromatic nitrogens is 1. The average Bonchev–Trinajstić information content (AvgIpc) is 2.64. The quantitative estimate of drug-likeness (QED) is 0.269. The van der Waals surface area contributed by atoms with Crippen LogP contribution in [-0.4, -0.2) is 31.3 Å². The van der Waals surface area contributed by atoms with Gasteiger partial charge in [0.15, 0.2) is 11.5 Å². The lowest BCUT2D eigenvalue weighted by atomic mass is 10.2. The monoisotopic (exact) mass is 417 g/mol. The van der Waals surface area contributed by atoms with Gasteiger partial charge >= 0.3 is 12.1 Å². The molecule has 0 aliphatic carbocycles. The predicted molar refractivity (Wildman–Crippen MR) is 94.0 cm³/mol. The Labute approximate surface area is 163 Å². The Morgan fingerprint density at radius 2 is 2.00 bits per heavy atom. The Kier molecular flexibility index (Phi) is 7.24. The minimum absolute atomic E-state index is 0.0423. The van der Waals surface area contributed by atoms with Crippen LogP contribution in [0.1, 0.15) is 5.56 Å². The molecule has 0 spiro atoms. The number of nitrogens with zero attached hydrogens (tertiary/aromatic N) is 1. The van der Waals surface area contributed by atoms with Gasteiger partial charge in [-0.1, -0.05) is 24.2 Å². The predicted octanol–water partition coefficient (Wildman–Crippen LogP) is 4.66. The SMILES string of the molecule is C=CC(=O)Oc1c(OCCOC)cccc1Oc1ncc(C(F)(F)F)cc1Cl. The Morgan fingerprint density at radius 3 is 2.61 bits per heavy atom. The molecule has 1 heterocycles. The highest BCUT2D eigenvalue weighted by Crippen LogP contribution is 2.41. The zero-order chi connectivity index (χ0) is 20.7. The number of pyridine rings is 1. The summed E-state index contributed by atoms with van der Waals surface area (Å²) in [5.74, 6) is -1.10. The van der Waals surface area contributed by atoms with Crippen LogP contribution in [0.15, 0.2) is 43.1 Å². The van der Waals surface area contributed by atoms with E-state index < -0.39 is 17.7 Å². The van der Waals surface area contributed by atoms with E-state index in [4.69, 9.17) is 30.5 Å². The van der Waals surface area contributed by atoms with Gasteiger partial charge in [0.1, 0.15) is 11.6 Å². The summed E-state index contributed by atoms with van der Waals surface area (Å²) in [5.41, 5.74) is -1.03. The second-order valence-corrected chi connectivity index (χ2v) is 5.57. The molecule has 0 fully saturated rings. The largest absolute Gasteiger partial charge is 0.487 e. The van der Waals surface area contributed by atoms with E-state index in [1.807, 2.05) is 0 Å². The van der Waals surface area contributed by atoms with E-state index in [9.17, 15) is 18.0 Å². The number of halogens is 4. The summed E-state index contributed by atoms with van der Waals surface area (Å²) in [5, 5.41) is -0.374. The van der Waals surface area contributed by atoms with Crippen LogP contribution in [0.25, 0.3) is 0 Å². The molecule has 150 valence electrons. The maximum absolute atomic E-state index is 12.7. The van der Waals surface area contributed by atoms with Crippen molar-refractivity contribution in [1.29, 1.82) is 0 Å². The lowest BCUT2D eigenvalue weighted by Crippen LogP contribution is -2.09. The molecule has 0 unspecified atom stereocenters. The molecule has 28 heavy (non-hydrogen) atoms. The van der Waals surface area contributed by atoms with Crippen molar-refractivity contribution in [3.8, 4) is 23.1 Å². The fourth-order valence-electron chi connectivity index (χ4n) is 1.93. The third-order valence-corrected chi connectivity index (χ3v) is 3.47. The Morgan fingerprint density at radius 1 is 1.29 bits per heavy atom. The molecule has 0 saturated heterocycles. The van der Waals surface area contributed by atoms with E-state index >= 15 is 0 Å². The van der Waals surface area contributed by atoms with Crippen molar-refractivity contribution >= 4 is 17.6 Å². The Hall–Kier alpha value is -2.78. The van der Waals surface area contributed by atoms with Crippen molar-refractivity contribution in [2.45, 2.75) is 6.18 Å². The molecule has 1 aromatic heterocycles. The number of alkyl halides is 3. The number of esters is 1. The molecule has 2 aromatic rings. The standard InChI is InChI=1S/C18H15ClF3NO5/c1-3-15(24)28-16-13(26-8-7-25-2)5-4-6-14(16)27-17-12(19)9-11(10-23-17)18(20,21)22/h3-6,9-10H,1,7-8H2,2H3. The third-order valence-electron chi connectivity index (χ3n) is 3.20. The van der Waals surface area contributed by atoms with Crippen molar-refractivity contribution < 1.29 is 36.9 Å². The highest BCUT2D eigenvalue weighted by molar-refractivity contribution is 6.31. The highest BCUT2D eigenvalue weighted by Gasteiger charge is 2.32. The summed E-state index contributed by atoms with van der Waals surface area (Å²) in [6.45, 7) is 3.73. The number of ether oxygens (including phenoxy) is 4. The topological polar surface area (TPSA) is 66.9 Å². The molecular formula is C18H15ClF3NO5. The summed E-state index contributed by atoms with van der Waals surface area (Å²) in [6, 6.07) is 5.12. The maximum atomic E-state index is 12.7. The summed E-state index contributed by atoms with van der Waals surface area (Å²) in [6.07, 6.45) is -3.09. The smallest absolute Gasteiger partial charge is 0.417 e. The van der Waals surface area contributed by atoms with Gasteiger partial charge < -0.3 is 18.9 Å². The maximum Gasteiger partial charge on any atom is 0.417 e. The lowest BCUT2D eigenvalue weighted by molar-refractivity contribution is -0.137. The van der Waals surface area contributed by atoms with Gasteiger partial charge in [-0.25, -0.2) is 9.78 Å². The number of carbonyl (C=O) groups is 1. The van der Waals surface area contributed by atoms with Crippen molar-refractivity contribution in [1.82, 2.24) is 4.98 Å². The first-order valence-electron chi connectivity index (χ1n) is 7.76. The first kappa shape index (κ1) is 21.5. The second-order valence-electron chi connectivity index (χ2n) is 5.16. The molecule has 0 aliphatic heterocycles. The van der Waals surface area contributed by atoms with E-state index in [2.05, 4.69) is 11.6 Å². The number of carbonyl (C=O) groups excluding carboxylic acids is 1. The molecule has 0 aliphatic rings. The summed E-state index contributed by atoms with van der Waals surface area (Å²) < 4.78 is 59.2. The zero-order valence-corrected chi connectivity index (χ0v) is 15.3. The van der Waals surface area contributed by atoms with Crippen LogP contribution in [0, 0.1) is 0 Å². The lowest BCUT2D eigenvalue weighted by Gasteiger charge is -2.15. The highest BCUT2D eigenvalue weighted by atomic mass is 35.5. The molecule has 0 amide bonds. The molecule has 6 nitrogen and oxygen atoms in total. The fourth-order valence-corrected chi connectivity index (χ4v) is 2.13. The summed E-state index contributed by atoms with van der Waals surface area (Å²) in [7, 11) is 1.49. The van der Waals surface area contributed by atoms with Gasteiger partial charge in [-0.2, -0.15) is 13.2 Å². The number of methoxy groups -OCH3 is 1. The van der Waals surface area contributed by atoms with Crippen LogP contribution in [0.5, 0.6) is 23.1 Å². The van der Waals surface area contributed by atoms with Crippen LogP contribution in [0.3, 0.4) is 0 Å². The van der Waals surface area contributed by atoms with Gasteiger partial charge in [0, 0.05) is 19.4 Å². The molecular weight excluding hydrogens is 403 g/mol. The van der Waals surface area contributed by atoms with Gasteiger partial charge in [-0.3, -0.25) is 0 Å². The first-order valence-corrected chi connectivity index (χ1v) is 8.13. The number of rotatable bonds is 8. The number of hydrogen-bond donors (Lipinski definition) is 0. The number of benzene rings is 1. The van der Waals surface area contributed by atoms with Crippen molar-refractivity contribution in [2.75, 3.05) is 20.3 Å². The number of para-hydroxylation sites is 1. The van der Waals surface area contributed by atoms with Gasteiger partial charge in [0.05, 0.1) is 12.2 Å². The zero-order valence-electron chi connectivity index (χ0n) is 14.6. The van der Waals surface area contributed by atoms with Gasteiger partial charge in [-0.05, 0) is 18.2 Å². The van der Waals surface area contributed by atoms with Crippen LogP contribution in [-0.2, 0) is 15.7 Å². The van der Waals surface area contributed by atoms with E-state index in [1.165, 1.54) is 25.3 Å². The van der Waals surface area contributed by atoms with Gasteiger partial charge in [-0.15, -0.1) is 0 Å². The molecule has 0 radical (unpaired) electrons. The van der Waals surface area contributed by atoms with Crippen LogP contribution < -0.4 is 14.2 Å². The van der Waals surface area contributed by atoms with Gasteiger partial charge in [0.2, 0.25) is 11.6 Å². The molecule has 1 aromatic carbocycles. The van der Waals surface area contributed by atoms with Crippen molar-refractivity contribution in [3.05, 3.63) is 53.7 Å². The van der Waals surface area contributed by atoms with Crippen molar-refractivity contribution in [3.63, 3.8) is 0 Å². The van der Waals surface area contributed by atoms with Crippen LogP contribution >= 0.6 is 11.6 Å². The molecule has 0 atom stereocenters. The summed E-state index contributed by atoms with van der Waals surface area (Å²) >= 11 is 5.85. The molecule has 2 rings (SSSR count). The average molecular weight is 418 g/mol. The first-order chi connectivity index (χ1) is 13.3. The summed E-state index contributed by atoms with van der Waals surface area (Å²) in [4.78, 5) is 15.2. The van der Waals surface area contributed by atoms with Crippen LogP contribution in [0.2, 0.25) is 5.02 Å². The fraction of sp³-hybridized carbons (Fsp3) is 0.222. The van der Waals surface area contributed by atoms with Crippen LogP contribution in [0.4, 0.5) is 13.2 Å². The molecule has 0 saturated carbocycles. The van der Waals surface area contributed by atoms with E-state index in [1.54, 1.807) is 0 Å². The second kappa shape index (κ2) is 9.43. The number of hydrogen-bond acceptors (Lipinski definition) is 6. The normalized spacial score (nSPS) is 11.0. The Balaban J connectivity index is 2.37. The molecule has 0 N–H and O–H groups in total. The van der Waals surface area contributed by atoms with Crippen molar-refractivity contribution in [2.24, 2.45) is 0 Å². The van der Waals surface area contributed by atoms with E-state index in [-0.39, 0.29) is 41.4 Å². The van der Waals surface area contributed by atoms with E-state index in [0.717, 1.165) is 6.08 Å². The van der Waals surface area contributed by atoms with E-state index in [0.29, 0.717) is 12.3 Å². The minimum Gasteiger partial charge on any atom is -0.487 e. The Bertz CT molecular complexity index is 858. The molecule has 10 heteroatoms. The molecule has 0 bridgehead atoms.